The van der Waals surface area contributed by atoms with Crippen LogP contribution in [0.4, 0.5) is 0 Å². The molecule has 0 saturated carbocycles. The van der Waals surface area contributed by atoms with E-state index in [1.807, 2.05) is 49.4 Å². The van der Waals surface area contributed by atoms with Crippen molar-refractivity contribution in [2.75, 3.05) is 19.6 Å². The van der Waals surface area contributed by atoms with Crippen LogP contribution in [-0.2, 0) is 11.3 Å². The summed E-state index contributed by atoms with van der Waals surface area (Å²) in [6, 6.07) is 18.4. The smallest absolute Gasteiger partial charge is 0.240 e. The molecule has 30 heavy (non-hydrogen) atoms. The predicted octanol–water partition coefficient (Wildman–Crippen LogP) is 4.12. The van der Waals surface area contributed by atoms with Gasteiger partial charge in [-0.3, -0.25) is 19.4 Å². The van der Waals surface area contributed by atoms with Crippen LogP contribution in [0.15, 0.2) is 54.6 Å². The van der Waals surface area contributed by atoms with E-state index in [2.05, 4.69) is 46.4 Å². The zero-order chi connectivity index (χ0) is 21.5. The van der Waals surface area contributed by atoms with E-state index < -0.39 is 0 Å². The summed E-state index contributed by atoms with van der Waals surface area (Å²) in [6.45, 7) is 8.79. The first-order valence-electron chi connectivity index (χ1n) is 10.3. The van der Waals surface area contributed by atoms with E-state index in [0.29, 0.717) is 17.1 Å². The van der Waals surface area contributed by atoms with Crippen LogP contribution in [0.1, 0.15) is 31.0 Å². The molecule has 158 valence electrons. The van der Waals surface area contributed by atoms with Crippen LogP contribution in [0.25, 0.3) is 11.4 Å². The Bertz CT molecular complexity index is 1020. The van der Waals surface area contributed by atoms with Gasteiger partial charge >= 0.3 is 0 Å². The molecule has 0 bridgehead atoms. The van der Waals surface area contributed by atoms with Gasteiger partial charge in [-0.1, -0.05) is 67.9 Å². The molecule has 0 aliphatic rings. The summed E-state index contributed by atoms with van der Waals surface area (Å²) in [5.41, 5.74) is 3.25. The van der Waals surface area contributed by atoms with Gasteiger partial charge in [0.15, 0.2) is 10.6 Å². The van der Waals surface area contributed by atoms with Crippen LogP contribution < -0.4 is 5.32 Å². The summed E-state index contributed by atoms with van der Waals surface area (Å²) in [7, 11) is 0. The quantitative estimate of drug-likeness (QED) is 0.508. The van der Waals surface area contributed by atoms with Crippen LogP contribution in [0.5, 0.6) is 0 Å². The average Bonchev–Trinajstić information content (AvgIpc) is 3.12. The highest BCUT2D eigenvalue weighted by Crippen LogP contribution is 2.20. The maximum absolute atomic E-state index is 12.8. The van der Waals surface area contributed by atoms with Crippen LogP contribution in [0, 0.1) is 11.7 Å². The summed E-state index contributed by atoms with van der Waals surface area (Å²) < 4.78 is 2.18. The van der Waals surface area contributed by atoms with Crippen molar-refractivity contribution in [3.8, 4) is 11.4 Å². The van der Waals surface area contributed by atoms with E-state index in [-0.39, 0.29) is 18.5 Å². The lowest BCUT2D eigenvalue weighted by Gasteiger charge is -2.30. The number of H-pyrrole nitrogens is 1. The number of amides is 1. The van der Waals surface area contributed by atoms with Gasteiger partial charge in [0, 0.05) is 12.1 Å². The van der Waals surface area contributed by atoms with Gasteiger partial charge < -0.3 is 5.32 Å². The maximum atomic E-state index is 12.8. The third-order valence-electron chi connectivity index (χ3n) is 5.27. The van der Waals surface area contributed by atoms with E-state index in [1.165, 1.54) is 5.56 Å². The van der Waals surface area contributed by atoms with E-state index in [4.69, 9.17) is 12.2 Å². The molecule has 3 rings (SSSR count). The van der Waals surface area contributed by atoms with Crippen molar-refractivity contribution >= 4 is 18.1 Å². The standard InChI is InChI=1S/C23H29N5OS/c1-4-27(5-2)20(18-11-7-6-8-12-18)15-24-21(29)16-28-22(25-26-23(28)30)19-13-9-10-17(3)14-19/h6-14,20H,4-5,15-16H2,1-3H3,(H,24,29)(H,26,30)/t20-/m0/s1. The summed E-state index contributed by atoms with van der Waals surface area (Å²) >= 11 is 5.37. The number of likely N-dealkylation sites (N-methyl/N-ethyl adjacent to an activating group) is 1. The minimum absolute atomic E-state index is 0.0884. The van der Waals surface area contributed by atoms with Crippen LogP contribution in [0.3, 0.4) is 0 Å². The van der Waals surface area contributed by atoms with Crippen molar-refractivity contribution < 1.29 is 4.79 Å². The van der Waals surface area contributed by atoms with Gasteiger partial charge in [-0.25, -0.2) is 0 Å². The third-order valence-corrected chi connectivity index (χ3v) is 5.58. The molecule has 0 spiro atoms. The van der Waals surface area contributed by atoms with Crippen molar-refractivity contribution in [3.63, 3.8) is 0 Å². The molecule has 0 fully saturated rings. The maximum Gasteiger partial charge on any atom is 0.240 e. The van der Waals surface area contributed by atoms with Crippen molar-refractivity contribution in [1.29, 1.82) is 0 Å². The summed E-state index contributed by atoms with van der Waals surface area (Å²) in [4.78, 5) is 15.2. The normalized spacial score (nSPS) is 12.1. The zero-order valence-corrected chi connectivity index (χ0v) is 18.6. The molecule has 2 N–H and O–H groups in total. The number of aryl methyl sites for hydroxylation is 1. The van der Waals surface area contributed by atoms with Crippen molar-refractivity contribution in [2.45, 2.75) is 33.4 Å². The van der Waals surface area contributed by atoms with Gasteiger partial charge in [0.25, 0.3) is 0 Å². The second-order valence-corrected chi connectivity index (χ2v) is 7.65. The van der Waals surface area contributed by atoms with Gasteiger partial charge in [0.2, 0.25) is 5.91 Å². The Kier molecular flexibility index (Phi) is 7.54. The number of rotatable bonds is 9. The molecule has 2 aromatic carbocycles. The van der Waals surface area contributed by atoms with Gasteiger partial charge in [-0.2, -0.15) is 5.10 Å². The first-order chi connectivity index (χ1) is 14.5. The molecule has 1 atom stereocenters. The lowest BCUT2D eigenvalue weighted by atomic mass is 10.1. The Morgan fingerprint density at radius 1 is 1.17 bits per heavy atom. The number of aromatic amines is 1. The monoisotopic (exact) mass is 423 g/mol. The van der Waals surface area contributed by atoms with Gasteiger partial charge in [0.1, 0.15) is 6.54 Å². The summed E-state index contributed by atoms with van der Waals surface area (Å²) in [6.07, 6.45) is 0. The topological polar surface area (TPSA) is 66.0 Å². The largest absolute Gasteiger partial charge is 0.353 e. The highest BCUT2D eigenvalue weighted by atomic mass is 32.1. The van der Waals surface area contributed by atoms with E-state index >= 15 is 0 Å². The van der Waals surface area contributed by atoms with E-state index in [1.54, 1.807) is 4.57 Å². The Morgan fingerprint density at radius 2 is 1.90 bits per heavy atom. The lowest BCUT2D eigenvalue weighted by molar-refractivity contribution is -0.121. The van der Waals surface area contributed by atoms with Crippen LogP contribution >= 0.6 is 12.2 Å². The third kappa shape index (κ3) is 5.23. The second-order valence-electron chi connectivity index (χ2n) is 7.26. The van der Waals surface area contributed by atoms with Crippen LogP contribution in [0.2, 0.25) is 0 Å². The molecule has 1 aromatic heterocycles. The number of benzene rings is 2. The summed E-state index contributed by atoms with van der Waals surface area (Å²) in [5, 5.41) is 10.2. The van der Waals surface area contributed by atoms with Crippen molar-refractivity contribution in [3.05, 3.63) is 70.5 Å². The number of carbonyl (C=O) groups is 1. The number of nitrogens with zero attached hydrogens (tertiary/aromatic N) is 3. The Morgan fingerprint density at radius 3 is 2.57 bits per heavy atom. The predicted molar refractivity (Wildman–Crippen MR) is 123 cm³/mol. The Balaban J connectivity index is 1.74. The highest BCUT2D eigenvalue weighted by Gasteiger charge is 2.19. The fourth-order valence-electron chi connectivity index (χ4n) is 3.68. The molecule has 0 radical (unpaired) electrons. The average molecular weight is 424 g/mol. The first-order valence-corrected chi connectivity index (χ1v) is 10.7. The minimum atomic E-state index is -0.0884. The molecule has 7 heteroatoms. The Labute approximate surface area is 182 Å². The molecule has 1 amide bonds. The fourth-order valence-corrected chi connectivity index (χ4v) is 3.87. The molecular weight excluding hydrogens is 394 g/mol. The van der Waals surface area contributed by atoms with Gasteiger partial charge in [-0.05, 0) is 43.9 Å². The number of nitrogens with one attached hydrogen (secondary N) is 2. The van der Waals surface area contributed by atoms with E-state index in [9.17, 15) is 4.79 Å². The molecule has 0 aliphatic carbocycles. The molecule has 0 unspecified atom stereocenters. The molecular formula is C23H29N5OS. The fraction of sp³-hybridized carbons (Fsp3) is 0.348. The number of aromatic nitrogens is 3. The van der Waals surface area contributed by atoms with Crippen molar-refractivity contribution in [2.24, 2.45) is 0 Å². The molecule has 0 saturated heterocycles. The number of hydrogen-bond donors (Lipinski definition) is 2. The SMILES string of the molecule is CCN(CC)[C@@H](CNC(=O)Cn1c(-c2cccc(C)c2)n[nH]c1=S)c1ccccc1. The molecule has 0 aliphatic heterocycles. The van der Waals surface area contributed by atoms with E-state index in [0.717, 1.165) is 24.2 Å². The first kappa shape index (κ1) is 21.9. The second kappa shape index (κ2) is 10.3. The summed E-state index contributed by atoms with van der Waals surface area (Å²) in [5.74, 6) is 0.580. The lowest BCUT2D eigenvalue weighted by Crippen LogP contribution is -2.39. The zero-order valence-electron chi connectivity index (χ0n) is 17.8. The van der Waals surface area contributed by atoms with Gasteiger partial charge in [0.05, 0.1) is 6.04 Å². The number of carbonyl (C=O) groups excluding carboxylic acids is 1. The van der Waals surface area contributed by atoms with Crippen LogP contribution in [-0.4, -0.2) is 45.2 Å². The molecule has 3 aromatic rings. The molecule has 6 nitrogen and oxygen atoms in total. The highest BCUT2D eigenvalue weighted by molar-refractivity contribution is 7.71. The van der Waals surface area contributed by atoms with Crippen molar-refractivity contribution in [1.82, 2.24) is 25.0 Å². The number of hydrogen-bond acceptors (Lipinski definition) is 4. The minimum Gasteiger partial charge on any atom is -0.353 e. The Hall–Kier alpha value is -2.77. The van der Waals surface area contributed by atoms with Gasteiger partial charge in [-0.15, -0.1) is 0 Å². The molecule has 1 heterocycles.